The molecule has 1 fully saturated rings. The summed E-state index contributed by atoms with van der Waals surface area (Å²) < 4.78 is 16.8. The van der Waals surface area contributed by atoms with Gasteiger partial charge in [-0.1, -0.05) is 18.2 Å². The highest BCUT2D eigenvalue weighted by molar-refractivity contribution is 14.1. The van der Waals surface area contributed by atoms with Crippen molar-refractivity contribution in [1.29, 1.82) is 0 Å². The predicted octanol–water partition coefficient (Wildman–Crippen LogP) is 4.31. The molecule has 1 aliphatic heterocycles. The summed E-state index contributed by atoms with van der Waals surface area (Å²) in [5.74, 6) is -0.832. The minimum Gasteiger partial charge on any atom is -0.493 e. The fourth-order valence-corrected chi connectivity index (χ4v) is 4.66. The van der Waals surface area contributed by atoms with E-state index in [4.69, 9.17) is 14.2 Å². The second-order valence-electron chi connectivity index (χ2n) is 7.54. The van der Waals surface area contributed by atoms with Crippen LogP contribution < -0.4 is 14.8 Å². The summed E-state index contributed by atoms with van der Waals surface area (Å²) >= 11 is 2.78. The molecule has 1 N–H and O–H groups in total. The Morgan fingerprint density at radius 2 is 1.89 bits per heavy atom. The van der Waals surface area contributed by atoms with Crippen LogP contribution in [-0.4, -0.2) is 54.3 Å². The zero-order valence-corrected chi connectivity index (χ0v) is 22.2. The standard InChI is InChI=1S/C24H23IN2O7S/c1-14(2)34-21(29)12-27-23(30)19(35-24(27)31)11-15-9-17(25)22(18(10-15)32-3)33-13-20(28)26-16-7-5-4-6-8-16/h4-11,14H,12-13H2,1-3H3,(H,26,28)/b19-11-. The Bertz CT molecular complexity index is 1170. The van der Waals surface area contributed by atoms with Gasteiger partial charge in [-0.15, -0.1) is 0 Å². The number of methoxy groups -OCH3 is 1. The van der Waals surface area contributed by atoms with Gasteiger partial charge in [-0.2, -0.15) is 0 Å². The molecular formula is C24H23IN2O7S. The number of hydrogen-bond donors (Lipinski definition) is 1. The number of carbonyl (C=O) groups excluding carboxylic acids is 4. The van der Waals surface area contributed by atoms with Crippen LogP contribution in [0, 0.1) is 3.57 Å². The van der Waals surface area contributed by atoms with Gasteiger partial charge in [-0.3, -0.25) is 24.1 Å². The Morgan fingerprint density at radius 1 is 1.17 bits per heavy atom. The zero-order valence-electron chi connectivity index (χ0n) is 19.2. The molecule has 3 amide bonds. The molecule has 0 unspecified atom stereocenters. The maximum Gasteiger partial charge on any atom is 0.326 e. The van der Waals surface area contributed by atoms with Gasteiger partial charge in [0.15, 0.2) is 18.1 Å². The highest BCUT2D eigenvalue weighted by Gasteiger charge is 2.36. The predicted molar refractivity (Wildman–Crippen MR) is 140 cm³/mol. The van der Waals surface area contributed by atoms with Crippen LogP contribution in [0.3, 0.4) is 0 Å². The topological polar surface area (TPSA) is 111 Å². The quantitative estimate of drug-likeness (QED) is 0.254. The van der Waals surface area contributed by atoms with Crippen LogP contribution in [0.2, 0.25) is 0 Å². The van der Waals surface area contributed by atoms with Crippen molar-refractivity contribution in [1.82, 2.24) is 4.90 Å². The smallest absolute Gasteiger partial charge is 0.326 e. The lowest BCUT2D eigenvalue weighted by Gasteiger charge is -2.14. The molecule has 0 atom stereocenters. The molecule has 9 nitrogen and oxygen atoms in total. The minimum absolute atomic E-state index is 0.168. The fourth-order valence-electron chi connectivity index (χ4n) is 3.04. The molecule has 0 spiro atoms. The molecule has 11 heteroatoms. The third-order valence-electron chi connectivity index (χ3n) is 4.48. The molecule has 1 aliphatic rings. The van der Waals surface area contributed by atoms with Gasteiger partial charge in [0, 0.05) is 5.69 Å². The van der Waals surface area contributed by atoms with Gasteiger partial charge in [0.2, 0.25) is 0 Å². The summed E-state index contributed by atoms with van der Waals surface area (Å²) in [4.78, 5) is 50.1. The summed E-state index contributed by atoms with van der Waals surface area (Å²) in [6.45, 7) is 2.69. The fraction of sp³-hybridized carbons (Fsp3) is 0.250. The van der Waals surface area contributed by atoms with Crippen LogP contribution in [-0.2, 0) is 19.1 Å². The molecule has 1 heterocycles. The molecule has 2 aromatic rings. The van der Waals surface area contributed by atoms with E-state index in [1.54, 1.807) is 38.1 Å². The second-order valence-corrected chi connectivity index (χ2v) is 9.70. The first-order valence-electron chi connectivity index (χ1n) is 10.5. The lowest BCUT2D eigenvalue weighted by atomic mass is 10.2. The first-order chi connectivity index (χ1) is 16.7. The summed E-state index contributed by atoms with van der Waals surface area (Å²) in [5, 5.41) is 2.19. The van der Waals surface area contributed by atoms with E-state index in [-0.39, 0.29) is 23.5 Å². The van der Waals surface area contributed by atoms with Gasteiger partial charge in [0.05, 0.1) is 21.7 Å². The number of rotatable bonds is 9. The highest BCUT2D eigenvalue weighted by atomic mass is 127. The number of thioether (sulfide) groups is 1. The number of para-hydroxylation sites is 1. The summed E-state index contributed by atoms with van der Waals surface area (Å²) in [7, 11) is 1.46. The number of hydrogen-bond acceptors (Lipinski definition) is 8. The number of amides is 3. The molecule has 1 saturated heterocycles. The molecule has 0 aromatic heterocycles. The highest BCUT2D eigenvalue weighted by Crippen LogP contribution is 2.37. The van der Waals surface area contributed by atoms with Gasteiger partial charge in [0.25, 0.3) is 17.1 Å². The monoisotopic (exact) mass is 610 g/mol. The van der Waals surface area contributed by atoms with Crippen molar-refractivity contribution in [3.63, 3.8) is 0 Å². The molecule has 184 valence electrons. The van der Waals surface area contributed by atoms with Gasteiger partial charge in [0.1, 0.15) is 6.54 Å². The Morgan fingerprint density at radius 3 is 2.54 bits per heavy atom. The lowest BCUT2D eigenvalue weighted by molar-refractivity contribution is -0.149. The largest absolute Gasteiger partial charge is 0.493 e. The van der Waals surface area contributed by atoms with E-state index in [2.05, 4.69) is 5.32 Å². The van der Waals surface area contributed by atoms with Crippen molar-refractivity contribution < 1.29 is 33.4 Å². The number of nitrogens with zero attached hydrogens (tertiary/aromatic N) is 1. The van der Waals surface area contributed by atoms with Gasteiger partial charge in [-0.25, -0.2) is 0 Å². The first kappa shape index (κ1) is 26.5. The van der Waals surface area contributed by atoms with E-state index in [0.717, 1.165) is 16.7 Å². The number of ether oxygens (including phenoxy) is 3. The normalized spacial score (nSPS) is 14.4. The Labute approximate surface area is 220 Å². The van der Waals surface area contributed by atoms with Crippen molar-refractivity contribution in [2.75, 3.05) is 25.6 Å². The van der Waals surface area contributed by atoms with Gasteiger partial charge < -0.3 is 19.5 Å². The Balaban J connectivity index is 1.71. The van der Waals surface area contributed by atoms with Crippen LogP contribution in [0.5, 0.6) is 11.5 Å². The maximum atomic E-state index is 12.7. The van der Waals surface area contributed by atoms with Crippen LogP contribution in [0.4, 0.5) is 10.5 Å². The van der Waals surface area contributed by atoms with Crippen LogP contribution in [0.1, 0.15) is 19.4 Å². The number of anilines is 1. The number of carbonyl (C=O) groups is 4. The second kappa shape index (κ2) is 12.1. The first-order valence-corrected chi connectivity index (χ1v) is 12.4. The van der Waals surface area contributed by atoms with Crippen LogP contribution in [0.25, 0.3) is 6.08 Å². The molecule has 2 aromatic carbocycles. The number of halogens is 1. The Hall–Kier alpha value is -3.06. The molecule has 0 radical (unpaired) electrons. The number of benzene rings is 2. The molecular weight excluding hydrogens is 587 g/mol. The van der Waals surface area contributed by atoms with E-state index in [1.165, 1.54) is 13.2 Å². The molecule has 0 bridgehead atoms. The summed E-state index contributed by atoms with van der Waals surface area (Å²) in [5.41, 5.74) is 1.24. The minimum atomic E-state index is -0.655. The van der Waals surface area contributed by atoms with E-state index >= 15 is 0 Å². The maximum absolute atomic E-state index is 12.7. The number of esters is 1. The van der Waals surface area contributed by atoms with Gasteiger partial charge >= 0.3 is 5.97 Å². The molecule has 0 aliphatic carbocycles. The molecule has 3 rings (SSSR count). The zero-order chi connectivity index (χ0) is 25.5. The van der Waals surface area contributed by atoms with Crippen LogP contribution in [0.15, 0.2) is 47.4 Å². The third-order valence-corrected chi connectivity index (χ3v) is 6.19. The number of nitrogens with one attached hydrogen (secondary N) is 1. The average Bonchev–Trinajstić information content (AvgIpc) is 3.05. The third kappa shape index (κ3) is 7.21. The van der Waals surface area contributed by atoms with Crippen molar-refractivity contribution in [3.8, 4) is 11.5 Å². The SMILES string of the molecule is COc1cc(/C=C2\SC(=O)N(CC(=O)OC(C)C)C2=O)cc(I)c1OCC(=O)Nc1ccccc1. The number of imide groups is 1. The van der Waals surface area contributed by atoms with E-state index in [0.29, 0.717) is 26.3 Å². The molecule has 35 heavy (non-hydrogen) atoms. The van der Waals surface area contributed by atoms with Crippen molar-refractivity contribution in [2.24, 2.45) is 0 Å². The van der Waals surface area contributed by atoms with Crippen molar-refractivity contribution >= 4 is 69.1 Å². The lowest BCUT2D eigenvalue weighted by Crippen LogP contribution is -2.35. The van der Waals surface area contributed by atoms with Gasteiger partial charge in [-0.05, 0) is 84.1 Å². The van der Waals surface area contributed by atoms with Crippen molar-refractivity contribution in [2.45, 2.75) is 20.0 Å². The van der Waals surface area contributed by atoms with E-state index in [9.17, 15) is 19.2 Å². The molecule has 0 saturated carbocycles. The average molecular weight is 610 g/mol. The summed E-state index contributed by atoms with van der Waals surface area (Å²) in [6, 6.07) is 12.4. The van der Waals surface area contributed by atoms with Crippen LogP contribution >= 0.6 is 34.4 Å². The summed E-state index contributed by atoms with van der Waals surface area (Å²) in [6.07, 6.45) is 1.19. The Kier molecular flexibility index (Phi) is 9.15. The van der Waals surface area contributed by atoms with Crippen molar-refractivity contribution in [3.05, 3.63) is 56.5 Å². The van der Waals surface area contributed by atoms with E-state index in [1.807, 2.05) is 40.8 Å². The van der Waals surface area contributed by atoms with E-state index < -0.39 is 23.7 Å².